The summed E-state index contributed by atoms with van der Waals surface area (Å²) < 4.78 is 7.65. The van der Waals surface area contributed by atoms with Crippen LogP contribution in [0.5, 0.6) is 5.75 Å². The molecule has 2 heterocycles. The molecule has 3 rings (SSSR count). The summed E-state index contributed by atoms with van der Waals surface area (Å²) >= 11 is 0. The van der Waals surface area contributed by atoms with E-state index in [1.54, 1.807) is 7.11 Å². The van der Waals surface area contributed by atoms with E-state index in [-0.39, 0.29) is 0 Å². The highest BCUT2D eigenvalue weighted by Gasteiger charge is 2.20. The second kappa shape index (κ2) is 5.25. The monoisotopic (exact) mass is 272 g/mol. The maximum absolute atomic E-state index is 5.46. The van der Waals surface area contributed by atoms with Crippen molar-refractivity contribution in [3.05, 3.63) is 41.0 Å². The van der Waals surface area contributed by atoms with Crippen LogP contribution in [-0.2, 0) is 19.6 Å². The Morgan fingerprint density at radius 2 is 2.05 bits per heavy atom. The first-order valence-electron chi connectivity index (χ1n) is 6.92. The van der Waals surface area contributed by atoms with Crippen LogP contribution in [0.25, 0.3) is 0 Å². The zero-order chi connectivity index (χ0) is 14.1. The quantitative estimate of drug-likeness (QED) is 0.856. The Bertz CT molecular complexity index is 620. The van der Waals surface area contributed by atoms with Crippen LogP contribution < -0.4 is 4.74 Å². The molecule has 1 aromatic heterocycles. The van der Waals surface area contributed by atoms with Crippen molar-refractivity contribution in [3.8, 4) is 5.75 Å². The largest absolute Gasteiger partial charge is 0.496 e. The topological polar surface area (TPSA) is 43.2 Å². The molecular formula is C15H20N4O. The van der Waals surface area contributed by atoms with Gasteiger partial charge in [-0.25, -0.2) is 0 Å². The van der Waals surface area contributed by atoms with Crippen LogP contribution in [0.4, 0.5) is 0 Å². The number of aromatic nitrogens is 3. The Balaban J connectivity index is 1.78. The standard InChI is InChI=1S/C15H20N4O/c1-11-4-5-14(20-3)13(8-11)9-18-6-7-19-12(2)16-17-15(19)10-18/h4-5,8H,6-7,9-10H2,1-3H3. The Morgan fingerprint density at radius 3 is 2.85 bits per heavy atom. The zero-order valence-corrected chi connectivity index (χ0v) is 12.3. The van der Waals surface area contributed by atoms with E-state index < -0.39 is 0 Å². The fraction of sp³-hybridized carbons (Fsp3) is 0.467. The van der Waals surface area contributed by atoms with Gasteiger partial charge in [-0.15, -0.1) is 10.2 Å². The molecule has 5 nitrogen and oxygen atoms in total. The summed E-state index contributed by atoms with van der Waals surface area (Å²) in [7, 11) is 1.73. The molecule has 106 valence electrons. The van der Waals surface area contributed by atoms with Crippen LogP contribution in [0.3, 0.4) is 0 Å². The van der Waals surface area contributed by atoms with Gasteiger partial charge in [-0.05, 0) is 19.9 Å². The molecule has 0 bridgehead atoms. The number of hydrogen-bond acceptors (Lipinski definition) is 4. The Kier molecular flexibility index (Phi) is 3.44. The number of rotatable bonds is 3. The van der Waals surface area contributed by atoms with Gasteiger partial charge < -0.3 is 9.30 Å². The van der Waals surface area contributed by atoms with Gasteiger partial charge in [0.25, 0.3) is 0 Å². The van der Waals surface area contributed by atoms with Gasteiger partial charge in [0.1, 0.15) is 17.4 Å². The molecule has 1 aliphatic rings. The van der Waals surface area contributed by atoms with E-state index in [4.69, 9.17) is 4.74 Å². The molecule has 0 atom stereocenters. The second-order valence-corrected chi connectivity index (χ2v) is 5.34. The van der Waals surface area contributed by atoms with E-state index in [2.05, 4.69) is 38.7 Å². The van der Waals surface area contributed by atoms with Crippen LogP contribution in [0, 0.1) is 13.8 Å². The maximum atomic E-state index is 5.46. The van der Waals surface area contributed by atoms with Crippen LogP contribution in [0.2, 0.25) is 0 Å². The Morgan fingerprint density at radius 1 is 1.20 bits per heavy atom. The van der Waals surface area contributed by atoms with E-state index in [0.717, 1.165) is 43.6 Å². The van der Waals surface area contributed by atoms with Crippen LogP contribution in [0.15, 0.2) is 18.2 Å². The minimum Gasteiger partial charge on any atom is -0.496 e. The van der Waals surface area contributed by atoms with Gasteiger partial charge in [0, 0.05) is 25.2 Å². The average Bonchev–Trinajstić information content (AvgIpc) is 2.80. The van der Waals surface area contributed by atoms with Gasteiger partial charge in [0.05, 0.1) is 13.7 Å². The van der Waals surface area contributed by atoms with E-state index in [0.29, 0.717) is 0 Å². The molecule has 0 fully saturated rings. The van der Waals surface area contributed by atoms with E-state index >= 15 is 0 Å². The van der Waals surface area contributed by atoms with Crippen molar-refractivity contribution in [2.75, 3.05) is 13.7 Å². The zero-order valence-electron chi connectivity index (χ0n) is 12.3. The number of nitrogens with zero attached hydrogens (tertiary/aromatic N) is 4. The molecule has 1 aromatic carbocycles. The summed E-state index contributed by atoms with van der Waals surface area (Å²) in [5, 5.41) is 8.40. The van der Waals surface area contributed by atoms with Crippen molar-refractivity contribution in [1.29, 1.82) is 0 Å². The highest BCUT2D eigenvalue weighted by atomic mass is 16.5. The van der Waals surface area contributed by atoms with Gasteiger partial charge in [0.15, 0.2) is 0 Å². The normalized spacial score (nSPS) is 15.2. The van der Waals surface area contributed by atoms with E-state index in [9.17, 15) is 0 Å². The first-order chi connectivity index (χ1) is 9.67. The fourth-order valence-corrected chi connectivity index (χ4v) is 2.76. The van der Waals surface area contributed by atoms with E-state index in [1.807, 2.05) is 13.0 Å². The lowest BCUT2D eigenvalue weighted by Crippen LogP contribution is -2.33. The van der Waals surface area contributed by atoms with Gasteiger partial charge in [-0.2, -0.15) is 0 Å². The molecule has 0 N–H and O–H groups in total. The van der Waals surface area contributed by atoms with Crippen molar-refractivity contribution >= 4 is 0 Å². The molecule has 0 saturated carbocycles. The Hall–Kier alpha value is -1.88. The Labute approximate surface area is 119 Å². The first kappa shape index (κ1) is 13.1. The van der Waals surface area contributed by atoms with Crippen LogP contribution in [-0.4, -0.2) is 33.3 Å². The molecule has 2 aromatic rings. The summed E-state index contributed by atoms with van der Waals surface area (Å²) in [5.74, 6) is 3.02. The van der Waals surface area contributed by atoms with Crippen molar-refractivity contribution in [2.24, 2.45) is 0 Å². The SMILES string of the molecule is COc1ccc(C)cc1CN1CCn2c(C)nnc2C1. The summed E-state index contributed by atoms with van der Waals surface area (Å²) in [4.78, 5) is 2.39. The number of methoxy groups -OCH3 is 1. The number of hydrogen-bond donors (Lipinski definition) is 0. The molecule has 1 aliphatic heterocycles. The lowest BCUT2D eigenvalue weighted by atomic mass is 10.1. The molecular weight excluding hydrogens is 252 g/mol. The lowest BCUT2D eigenvalue weighted by molar-refractivity contribution is 0.205. The molecule has 5 heteroatoms. The van der Waals surface area contributed by atoms with Gasteiger partial charge >= 0.3 is 0 Å². The molecule has 0 unspecified atom stereocenters. The minimum absolute atomic E-state index is 0.845. The van der Waals surface area contributed by atoms with Crippen molar-refractivity contribution in [1.82, 2.24) is 19.7 Å². The van der Waals surface area contributed by atoms with Crippen molar-refractivity contribution in [3.63, 3.8) is 0 Å². The second-order valence-electron chi connectivity index (χ2n) is 5.34. The van der Waals surface area contributed by atoms with Gasteiger partial charge in [-0.1, -0.05) is 17.7 Å². The van der Waals surface area contributed by atoms with Crippen molar-refractivity contribution < 1.29 is 4.74 Å². The van der Waals surface area contributed by atoms with Crippen LogP contribution in [0.1, 0.15) is 22.8 Å². The number of aryl methyl sites for hydroxylation is 2. The molecule has 20 heavy (non-hydrogen) atoms. The summed E-state index contributed by atoms with van der Waals surface area (Å²) in [6.07, 6.45) is 0. The van der Waals surface area contributed by atoms with Gasteiger partial charge in [0.2, 0.25) is 0 Å². The van der Waals surface area contributed by atoms with Crippen molar-refractivity contribution in [2.45, 2.75) is 33.5 Å². The summed E-state index contributed by atoms with van der Waals surface area (Å²) in [6, 6.07) is 6.32. The smallest absolute Gasteiger partial charge is 0.147 e. The molecule has 0 saturated heterocycles. The number of fused-ring (bicyclic) bond motifs is 1. The molecule has 0 radical (unpaired) electrons. The molecule has 0 aliphatic carbocycles. The lowest BCUT2D eigenvalue weighted by Gasteiger charge is -2.28. The highest BCUT2D eigenvalue weighted by Crippen LogP contribution is 2.23. The number of benzene rings is 1. The average molecular weight is 272 g/mol. The van der Waals surface area contributed by atoms with Crippen LogP contribution >= 0.6 is 0 Å². The first-order valence-corrected chi connectivity index (χ1v) is 6.92. The summed E-state index contributed by atoms with van der Waals surface area (Å²) in [5.41, 5.74) is 2.49. The predicted molar refractivity (Wildman–Crippen MR) is 76.6 cm³/mol. The molecule has 0 spiro atoms. The minimum atomic E-state index is 0.845. The predicted octanol–water partition coefficient (Wildman–Crippen LogP) is 1.92. The van der Waals surface area contributed by atoms with Gasteiger partial charge in [-0.3, -0.25) is 4.90 Å². The third-order valence-electron chi connectivity index (χ3n) is 3.85. The number of ether oxygens (including phenoxy) is 1. The highest BCUT2D eigenvalue weighted by molar-refractivity contribution is 5.36. The molecule has 0 amide bonds. The third-order valence-corrected chi connectivity index (χ3v) is 3.85. The maximum Gasteiger partial charge on any atom is 0.147 e. The third kappa shape index (κ3) is 2.41. The fourth-order valence-electron chi connectivity index (χ4n) is 2.76. The summed E-state index contributed by atoms with van der Waals surface area (Å²) in [6.45, 7) is 7.83. The van der Waals surface area contributed by atoms with E-state index in [1.165, 1.54) is 11.1 Å².